The molecule has 1 aromatic heterocycles. The molecule has 0 radical (unpaired) electrons. The van der Waals surface area contributed by atoms with Crippen molar-refractivity contribution in [2.45, 2.75) is 0 Å². The van der Waals surface area contributed by atoms with Crippen LogP contribution in [-0.4, -0.2) is 25.8 Å². The quantitative estimate of drug-likeness (QED) is 0.455. The SMILES string of the molecule is Cn1nccc1[Se-]. The molecule has 0 N–H and O–H groups in total. The third-order valence-electron chi connectivity index (χ3n) is 0.776. The van der Waals surface area contributed by atoms with Crippen LogP contribution in [0, 0.1) is 0 Å². The summed E-state index contributed by atoms with van der Waals surface area (Å²) in [6.07, 6.45) is 1.76. The molecule has 0 saturated heterocycles. The van der Waals surface area contributed by atoms with E-state index in [2.05, 4.69) is 21.1 Å². The predicted molar refractivity (Wildman–Crippen MR) is 28.6 cm³/mol. The van der Waals surface area contributed by atoms with E-state index in [0.717, 1.165) is 4.59 Å². The second-order valence-electron chi connectivity index (χ2n) is 1.29. The van der Waals surface area contributed by atoms with Crippen LogP contribution in [0.2, 0.25) is 0 Å². The molecular weight excluding hydrogens is 155 g/mol. The van der Waals surface area contributed by atoms with Gasteiger partial charge in [0.25, 0.3) is 0 Å². The zero-order valence-electron chi connectivity index (χ0n) is 3.96. The van der Waals surface area contributed by atoms with E-state index in [4.69, 9.17) is 0 Å². The summed E-state index contributed by atoms with van der Waals surface area (Å²) in [7, 11) is 1.89. The van der Waals surface area contributed by atoms with Crippen LogP contribution in [0.15, 0.2) is 12.3 Å². The average molecular weight is 160 g/mol. The second kappa shape index (κ2) is 1.68. The van der Waals surface area contributed by atoms with Crippen LogP contribution in [-0.2, 0) is 7.05 Å². The van der Waals surface area contributed by atoms with Crippen molar-refractivity contribution < 1.29 is 0 Å². The molecule has 0 aromatic carbocycles. The molecule has 3 heteroatoms. The first kappa shape index (κ1) is 4.88. The van der Waals surface area contributed by atoms with Gasteiger partial charge in [0.05, 0.1) is 0 Å². The van der Waals surface area contributed by atoms with Crippen LogP contribution in [0.1, 0.15) is 0 Å². The van der Waals surface area contributed by atoms with Gasteiger partial charge in [-0.25, -0.2) is 0 Å². The van der Waals surface area contributed by atoms with Gasteiger partial charge in [-0.1, -0.05) is 0 Å². The van der Waals surface area contributed by atoms with Gasteiger partial charge < -0.3 is 0 Å². The topological polar surface area (TPSA) is 17.8 Å². The molecule has 1 rings (SSSR count). The van der Waals surface area contributed by atoms with E-state index in [-0.39, 0.29) is 0 Å². The van der Waals surface area contributed by atoms with Crippen molar-refractivity contribution in [3.63, 3.8) is 0 Å². The Hall–Kier alpha value is -0.271. The van der Waals surface area contributed by atoms with Gasteiger partial charge in [-0.05, 0) is 0 Å². The number of hydrogen-bond donors (Lipinski definition) is 0. The number of aryl methyl sites for hydroxylation is 1. The van der Waals surface area contributed by atoms with E-state index in [1.807, 2.05) is 13.1 Å². The number of nitrogens with zero attached hydrogens (tertiary/aromatic N) is 2. The first-order chi connectivity index (χ1) is 3.30. The number of hydrogen-bond acceptors (Lipinski definition) is 1. The van der Waals surface area contributed by atoms with E-state index in [1.165, 1.54) is 0 Å². The minimum absolute atomic E-state index is 1.07. The van der Waals surface area contributed by atoms with Gasteiger partial charge in [-0.3, -0.25) is 0 Å². The molecule has 0 saturated carbocycles. The normalized spacial score (nSPS) is 9.29. The standard InChI is InChI=1S/C4H6N2Se/c1-6-4(7)2-3-5-6/h2-3,7H,1H3/p-1. The Kier molecular flexibility index (Phi) is 1.17. The van der Waals surface area contributed by atoms with Crippen LogP contribution in [0.3, 0.4) is 0 Å². The molecule has 1 aromatic rings. The van der Waals surface area contributed by atoms with E-state index in [1.54, 1.807) is 10.9 Å². The number of rotatable bonds is 0. The number of aromatic nitrogens is 2. The molecule has 0 fully saturated rings. The summed E-state index contributed by atoms with van der Waals surface area (Å²) in [5.41, 5.74) is 0. The molecule has 0 unspecified atom stereocenters. The van der Waals surface area contributed by atoms with Crippen LogP contribution in [0.25, 0.3) is 0 Å². The van der Waals surface area contributed by atoms with Gasteiger partial charge in [-0.2, -0.15) is 0 Å². The van der Waals surface area contributed by atoms with E-state index in [0.29, 0.717) is 0 Å². The van der Waals surface area contributed by atoms with Crippen molar-refractivity contribution in [1.82, 2.24) is 9.78 Å². The Bertz CT molecular complexity index is 142. The monoisotopic (exact) mass is 161 g/mol. The van der Waals surface area contributed by atoms with Gasteiger partial charge in [-0.15, -0.1) is 0 Å². The van der Waals surface area contributed by atoms with Gasteiger partial charge in [0.2, 0.25) is 0 Å². The Labute approximate surface area is 50.3 Å². The first-order valence-corrected chi connectivity index (χ1v) is 2.81. The summed E-state index contributed by atoms with van der Waals surface area (Å²) < 4.78 is 2.85. The summed E-state index contributed by atoms with van der Waals surface area (Å²) in [4.78, 5) is 0. The molecule has 1 heterocycles. The molecule has 0 aliphatic heterocycles. The fourth-order valence-corrected chi connectivity index (χ4v) is 0.588. The molecule has 0 spiro atoms. The van der Waals surface area contributed by atoms with Crippen LogP contribution < -0.4 is 4.59 Å². The first-order valence-electron chi connectivity index (χ1n) is 1.96. The van der Waals surface area contributed by atoms with Crippen LogP contribution in [0.4, 0.5) is 0 Å². The van der Waals surface area contributed by atoms with Gasteiger partial charge in [0.1, 0.15) is 0 Å². The Balaban J connectivity index is 3.12. The fraction of sp³-hybridized carbons (Fsp3) is 0.250. The molecule has 38 valence electrons. The van der Waals surface area contributed by atoms with Crippen molar-refractivity contribution in [2.24, 2.45) is 7.05 Å². The molecule has 7 heavy (non-hydrogen) atoms. The predicted octanol–water partition coefficient (Wildman–Crippen LogP) is -0.786. The van der Waals surface area contributed by atoms with E-state index >= 15 is 0 Å². The molecule has 2 nitrogen and oxygen atoms in total. The summed E-state index contributed by atoms with van der Waals surface area (Å²) in [6.45, 7) is 0. The van der Waals surface area contributed by atoms with Crippen molar-refractivity contribution in [3.05, 3.63) is 12.3 Å². The van der Waals surface area contributed by atoms with Gasteiger partial charge in [0.15, 0.2) is 0 Å². The third kappa shape index (κ3) is 0.842. The van der Waals surface area contributed by atoms with Gasteiger partial charge in [0, 0.05) is 0 Å². The molecule has 0 bridgehead atoms. The van der Waals surface area contributed by atoms with Crippen molar-refractivity contribution in [2.75, 3.05) is 0 Å². The van der Waals surface area contributed by atoms with Crippen molar-refractivity contribution >= 4 is 20.6 Å². The minimum atomic E-state index is 1.07. The maximum absolute atomic E-state index is 3.90. The fourth-order valence-electron chi connectivity index (χ4n) is 0.362. The molecule has 0 aliphatic carbocycles. The summed E-state index contributed by atoms with van der Waals surface area (Å²) in [5.74, 6) is 0. The molecule has 0 aliphatic rings. The summed E-state index contributed by atoms with van der Waals surface area (Å²) >= 11 is 2.85. The van der Waals surface area contributed by atoms with Crippen molar-refractivity contribution in [1.29, 1.82) is 0 Å². The molecule has 0 atom stereocenters. The maximum atomic E-state index is 3.90. The van der Waals surface area contributed by atoms with E-state index < -0.39 is 0 Å². The third-order valence-corrected chi connectivity index (χ3v) is 1.62. The van der Waals surface area contributed by atoms with Crippen molar-refractivity contribution in [3.8, 4) is 0 Å². The zero-order valence-corrected chi connectivity index (χ0v) is 5.67. The summed E-state index contributed by atoms with van der Waals surface area (Å²) in [5, 5.41) is 3.90. The van der Waals surface area contributed by atoms with Gasteiger partial charge >= 0.3 is 49.7 Å². The Morgan fingerprint density at radius 2 is 2.57 bits per heavy atom. The van der Waals surface area contributed by atoms with E-state index in [9.17, 15) is 0 Å². The Morgan fingerprint density at radius 3 is 2.71 bits per heavy atom. The Morgan fingerprint density at radius 1 is 1.86 bits per heavy atom. The van der Waals surface area contributed by atoms with Crippen LogP contribution in [0.5, 0.6) is 0 Å². The zero-order chi connectivity index (χ0) is 5.28. The molecule has 0 amide bonds. The summed E-state index contributed by atoms with van der Waals surface area (Å²) in [6, 6.07) is 1.92. The molecular formula is C4H5N2Se-. The van der Waals surface area contributed by atoms with Crippen LogP contribution >= 0.6 is 0 Å². The average Bonchev–Trinajstić information content (AvgIpc) is 1.91. The second-order valence-corrected chi connectivity index (χ2v) is 2.17.